The molecule has 4 nitrogen and oxygen atoms in total. The Labute approximate surface area is 110 Å². The molecule has 0 aliphatic carbocycles. The van der Waals surface area contributed by atoms with Crippen molar-refractivity contribution in [1.82, 2.24) is 9.97 Å². The Bertz CT molecular complexity index is 664. The van der Waals surface area contributed by atoms with E-state index in [0.717, 1.165) is 0 Å². The molecule has 0 bridgehead atoms. The molecule has 0 fully saturated rings. The van der Waals surface area contributed by atoms with Crippen LogP contribution >= 0.6 is 50.1 Å². The van der Waals surface area contributed by atoms with Gasteiger partial charge in [0.25, 0.3) is 5.56 Å². The molecule has 0 spiro atoms. The Morgan fingerprint density at radius 2 is 2.00 bits per heavy atom. The molecule has 0 saturated carbocycles. The molecule has 0 amide bonds. The van der Waals surface area contributed by atoms with Gasteiger partial charge in [-0.15, -0.1) is 0 Å². The summed E-state index contributed by atoms with van der Waals surface area (Å²) < 4.78 is 1.37. The maximum Gasteiger partial charge on any atom is 0.326 e. The quantitative estimate of drug-likeness (QED) is 0.525. The normalized spacial score (nSPS) is 10.9. The topological polar surface area (TPSA) is 65.7 Å². The molecule has 1 heterocycles. The van der Waals surface area contributed by atoms with Gasteiger partial charge in [0.05, 0.1) is 24.0 Å². The van der Waals surface area contributed by atoms with Gasteiger partial charge < -0.3 is 4.98 Å². The Balaban J connectivity index is 3.12. The summed E-state index contributed by atoms with van der Waals surface area (Å²) in [5.74, 6) is 0. The second-order valence-electron chi connectivity index (χ2n) is 2.82. The predicted molar refractivity (Wildman–Crippen MR) is 70.6 cm³/mol. The fourth-order valence-electron chi connectivity index (χ4n) is 1.21. The molecular formula is C8H3BrClIN2O2. The van der Waals surface area contributed by atoms with E-state index in [0.29, 0.717) is 24.0 Å². The molecule has 2 aromatic rings. The van der Waals surface area contributed by atoms with Crippen LogP contribution in [0, 0.1) is 3.57 Å². The maximum absolute atomic E-state index is 11.5. The van der Waals surface area contributed by atoms with Gasteiger partial charge in [0.1, 0.15) is 0 Å². The van der Waals surface area contributed by atoms with Gasteiger partial charge in [0.2, 0.25) is 0 Å². The van der Waals surface area contributed by atoms with Crippen LogP contribution in [0.5, 0.6) is 0 Å². The van der Waals surface area contributed by atoms with Crippen molar-refractivity contribution in [1.29, 1.82) is 0 Å². The lowest BCUT2D eigenvalue weighted by Crippen LogP contribution is -2.22. The Morgan fingerprint density at radius 1 is 1.33 bits per heavy atom. The van der Waals surface area contributed by atoms with Gasteiger partial charge in [-0.2, -0.15) is 0 Å². The van der Waals surface area contributed by atoms with Crippen molar-refractivity contribution in [2.24, 2.45) is 0 Å². The first-order valence-electron chi connectivity index (χ1n) is 3.80. The number of aromatic nitrogens is 2. The Morgan fingerprint density at radius 3 is 2.67 bits per heavy atom. The fraction of sp³-hybridized carbons (Fsp3) is 0. The number of rotatable bonds is 0. The van der Waals surface area contributed by atoms with Crippen molar-refractivity contribution >= 4 is 61.0 Å². The van der Waals surface area contributed by atoms with Gasteiger partial charge in [0.15, 0.2) is 0 Å². The van der Waals surface area contributed by atoms with E-state index in [4.69, 9.17) is 11.6 Å². The lowest BCUT2D eigenvalue weighted by molar-refractivity contribution is 1.08. The van der Waals surface area contributed by atoms with Crippen LogP contribution in [0.3, 0.4) is 0 Å². The van der Waals surface area contributed by atoms with E-state index in [9.17, 15) is 9.59 Å². The summed E-state index contributed by atoms with van der Waals surface area (Å²) in [4.78, 5) is 27.3. The number of aromatic amines is 2. The average Bonchev–Trinajstić information content (AvgIpc) is 2.17. The minimum atomic E-state index is -0.528. The van der Waals surface area contributed by atoms with E-state index in [2.05, 4.69) is 25.9 Å². The highest BCUT2D eigenvalue weighted by atomic mass is 127. The molecule has 2 rings (SSSR count). The first-order chi connectivity index (χ1) is 7.00. The molecular weight excluding hydrogens is 398 g/mol. The van der Waals surface area contributed by atoms with Crippen LogP contribution in [0.15, 0.2) is 20.1 Å². The number of benzene rings is 1. The number of nitrogens with one attached hydrogen (secondary N) is 2. The minimum absolute atomic E-state index is 0.368. The molecule has 0 unspecified atom stereocenters. The number of halogens is 3. The predicted octanol–water partition coefficient (Wildman–Crippen LogP) is 2.24. The molecule has 0 radical (unpaired) electrons. The molecule has 1 aromatic heterocycles. The van der Waals surface area contributed by atoms with E-state index < -0.39 is 11.2 Å². The van der Waals surface area contributed by atoms with Crippen molar-refractivity contribution < 1.29 is 0 Å². The van der Waals surface area contributed by atoms with Gasteiger partial charge in [-0.05, 0) is 44.6 Å². The zero-order valence-corrected chi connectivity index (χ0v) is 11.5. The third-order valence-corrected chi connectivity index (χ3v) is 5.04. The third kappa shape index (κ3) is 1.85. The SMILES string of the molecule is O=c1[nH]c(=O)c2cc(Cl)c(Br)c(I)c2[nH]1. The largest absolute Gasteiger partial charge is 0.326 e. The molecule has 15 heavy (non-hydrogen) atoms. The van der Waals surface area contributed by atoms with Crippen LogP contribution in [0.25, 0.3) is 10.9 Å². The number of hydrogen-bond acceptors (Lipinski definition) is 2. The lowest BCUT2D eigenvalue weighted by Gasteiger charge is -2.03. The fourth-order valence-corrected chi connectivity index (χ4v) is 2.60. The number of fused-ring (bicyclic) bond motifs is 1. The van der Waals surface area contributed by atoms with Crippen LogP contribution in [-0.4, -0.2) is 9.97 Å². The van der Waals surface area contributed by atoms with Crippen LogP contribution in [0.2, 0.25) is 5.02 Å². The smallest absolute Gasteiger partial charge is 0.306 e. The monoisotopic (exact) mass is 400 g/mol. The van der Waals surface area contributed by atoms with Crippen molar-refractivity contribution in [3.05, 3.63) is 40.0 Å². The second kappa shape index (κ2) is 3.91. The second-order valence-corrected chi connectivity index (χ2v) is 5.10. The first-order valence-corrected chi connectivity index (χ1v) is 6.05. The van der Waals surface area contributed by atoms with Crippen LogP contribution in [0.4, 0.5) is 0 Å². The summed E-state index contributed by atoms with van der Waals surface area (Å²) in [7, 11) is 0. The van der Waals surface area contributed by atoms with Crippen LogP contribution in [-0.2, 0) is 0 Å². The number of hydrogen-bond donors (Lipinski definition) is 2. The van der Waals surface area contributed by atoms with Crippen molar-refractivity contribution in [2.75, 3.05) is 0 Å². The molecule has 2 N–H and O–H groups in total. The molecule has 0 aliphatic heterocycles. The summed E-state index contributed by atoms with van der Waals surface area (Å²) in [6.45, 7) is 0. The molecule has 0 atom stereocenters. The van der Waals surface area contributed by atoms with Gasteiger partial charge in [-0.1, -0.05) is 11.6 Å². The van der Waals surface area contributed by atoms with E-state index in [1.54, 1.807) is 0 Å². The summed E-state index contributed by atoms with van der Waals surface area (Å²) in [5, 5.41) is 0.802. The standard InChI is InChI=1S/C8H3BrClIN2O2/c9-4-3(10)1-2-6(5(4)11)12-8(15)13-7(2)14/h1H,(H2,12,13,14,15). The molecule has 1 aromatic carbocycles. The summed E-state index contributed by atoms with van der Waals surface area (Å²) in [6.07, 6.45) is 0. The summed E-state index contributed by atoms with van der Waals surface area (Å²) >= 11 is 11.2. The molecule has 0 aliphatic rings. The summed E-state index contributed by atoms with van der Waals surface area (Å²) in [5.41, 5.74) is -0.485. The van der Waals surface area contributed by atoms with E-state index in [-0.39, 0.29) is 0 Å². The maximum atomic E-state index is 11.5. The molecule has 78 valence electrons. The molecule has 0 saturated heterocycles. The highest BCUT2D eigenvalue weighted by molar-refractivity contribution is 14.1. The minimum Gasteiger partial charge on any atom is -0.306 e. The van der Waals surface area contributed by atoms with Gasteiger partial charge in [-0.3, -0.25) is 9.78 Å². The highest BCUT2D eigenvalue weighted by Gasteiger charge is 2.11. The third-order valence-electron chi connectivity index (χ3n) is 1.87. The van der Waals surface area contributed by atoms with Crippen LogP contribution in [0.1, 0.15) is 0 Å². The van der Waals surface area contributed by atoms with Crippen molar-refractivity contribution in [3.63, 3.8) is 0 Å². The number of H-pyrrole nitrogens is 2. The lowest BCUT2D eigenvalue weighted by atomic mass is 10.2. The van der Waals surface area contributed by atoms with Crippen molar-refractivity contribution in [3.8, 4) is 0 Å². The van der Waals surface area contributed by atoms with E-state index in [1.165, 1.54) is 6.07 Å². The van der Waals surface area contributed by atoms with E-state index >= 15 is 0 Å². The van der Waals surface area contributed by atoms with Gasteiger partial charge >= 0.3 is 5.69 Å². The van der Waals surface area contributed by atoms with E-state index in [1.807, 2.05) is 22.6 Å². The first kappa shape index (κ1) is 11.2. The average molecular weight is 401 g/mol. The zero-order chi connectivity index (χ0) is 11.2. The van der Waals surface area contributed by atoms with Crippen molar-refractivity contribution in [2.45, 2.75) is 0 Å². The Hall–Kier alpha value is -0.340. The van der Waals surface area contributed by atoms with Gasteiger partial charge in [0, 0.05) is 0 Å². The Kier molecular flexibility index (Phi) is 2.91. The zero-order valence-electron chi connectivity index (χ0n) is 7.03. The highest BCUT2D eigenvalue weighted by Crippen LogP contribution is 2.31. The molecule has 7 heteroatoms. The van der Waals surface area contributed by atoms with Gasteiger partial charge in [-0.25, -0.2) is 4.79 Å². The summed E-state index contributed by atoms with van der Waals surface area (Å²) in [6, 6.07) is 1.51. The van der Waals surface area contributed by atoms with Crippen LogP contribution < -0.4 is 11.2 Å².